The molecule has 3 aliphatic carbocycles. The first-order valence-electron chi connectivity index (χ1n) is 6.31. The Morgan fingerprint density at radius 1 is 1.29 bits per heavy atom. The third kappa shape index (κ3) is 1.00. The van der Waals surface area contributed by atoms with Crippen molar-refractivity contribution in [3.63, 3.8) is 0 Å². The van der Waals surface area contributed by atoms with Crippen LogP contribution in [0.2, 0.25) is 0 Å². The van der Waals surface area contributed by atoms with Crippen molar-refractivity contribution in [1.29, 1.82) is 0 Å². The summed E-state index contributed by atoms with van der Waals surface area (Å²) < 4.78 is 0. The zero-order valence-corrected chi connectivity index (χ0v) is 9.72. The van der Waals surface area contributed by atoms with Crippen LogP contribution in [0.15, 0.2) is 11.6 Å². The third-order valence-electron chi connectivity index (χ3n) is 5.34. The van der Waals surface area contributed by atoms with Crippen LogP contribution < -0.4 is 0 Å². The van der Waals surface area contributed by atoms with Gasteiger partial charge in [0, 0.05) is 0 Å². The summed E-state index contributed by atoms with van der Waals surface area (Å²) in [7, 11) is 0. The zero-order valence-electron chi connectivity index (χ0n) is 9.72. The number of rotatable bonds is 0. The molecule has 0 radical (unpaired) electrons. The molecule has 3 aliphatic rings. The van der Waals surface area contributed by atoms with Crippen molar-refractivity contribution in [3.8, 4) is 0 Å². The van der Waals surface area contributed by atoms with E-state index in [-0.39, 0.29) is 0 Å². The Morgan fingerprint density at radius 2 is 2.07 bits per heavy atom. The smallest absolute Gasteiger partial charge is 0.0141 e. The molecule has 0 N–H and O–H groups in total. The van der Waals surface area contributed by atoms with Gasteiger partial charge in [-0.25, -0.2) is 0 Å². The third-order valence-corrected chi connectivity index (χ3v) is 5.34. The SMILES string of the molecule is CC1CCC2=CCCC3C(C21)C3(C)C. The Kier molecular flexibility index (Phi) is 1.70. The Hall–Kier alpha value is -0.260. The summed E-state index contributed by atoms with van der Waals surface area (Å²) in [6.07, 6.45) is 8.27. The molecule has 0 bridgehead atoms. The highest BCUT2D eigenvalue weighted by Gasteiger charge is 2.62. The van der Waals surface area contributed by atoms with Crippen molar-refractivity contribution in [1.82, 2.24) is 0 Å². The van der Waals surface area contributed by atoms with E-state index in [4.69, 9.17) is 0 Å². The van der Waals surface area contributed by atoms with Crippen molar-refractivity contribution in [2.24, 2.45) is 29.1 Å². The molecule has 78 valence electrons. The van der Waals surface area contributed by atoms with Gasteiger partial charge in [-0.15, -0.1) is 0 Å². The fraction of sp³-hybridized carbons (Fsp3) is 0.857. The van der Waals surface area contributed by atoms with Gasteiger partial charge in [-0.05, 0) is 54.8 Å². The lowest BCUT2D eigenvalue weighted by molar-refractivity contribution is 0.363. The molecule has 0 aromatic rings. The summed E-state index contributed by atoms with van der Waals surface area (Å²) in [5.41, 5.74) is 2.50. The molecular weight excluding hydrogens is 168 g/mol. The second-order valence-electron chi connectivity index (χ2n) is 6.35. The van der Waals surface area contributed by atoms with Gasteiger partial charge >= 0.3 is 0 Å². The maximum absolute atomic E-state index is 2.58. The van der Waals surface area contributed by atoms with Crippen LogP contribution in [-0.4, -0.2) is 0 Å². The topological polar surface area (TPSA) is 0 Å². The molecule has 2 fully saturated rings. The quantitative estimate of drug-likeness (QED) is 0.506. The highest BCUT2D eigenvalue weighted by atomic mass is 14.7. The highest BCUT2D eigenvalue weighted by Crippen LogP contribution is 2.68. The van der Waals surface area contributed by atoms with Crippen LogP contribution in [-0.2, 0) is 0 Å². The molecule has 3 rings (SSSR count). The molecule has 0 aromatic carbocycles. The number of hydrogen-bond donors (Lipinski definition) is 0. The van der Waals surface area contributed by atoms with Crippen molar-refractivity contribution in [2.75, 3.05) is 0 Å². The average molecular weight is 190 g/mol. The van der Waals surface area contributed by atoms with E-state index in [0.717, 1.165) is 23.7 Å². The van der Waals surface area contributed by atoms with E-state index in [9.17, 15) is 0 Å². The Balaban J connectivity index is 1.94. The number of hydrogen-bond acceptors (Lipinski definition) is 0. The molecule has 0 heteroatoms. The summed E-state index contributed by atoms with van der Waals surface area (Å²) in [6.45, 7) is 7.47. The van der Waals surface area contributed by atoms with Crippen molar-refractivity contribution < 1.29 is 0 Å². The number of fused-ring (bicyclic) bond motifs is 3. The van der Waals surface area contributed by atoms with Crippen LogP contribution in [0, 0.1) is 29.1 Å². The molecule has 0 heterocycles. The van der Waals surface area contributed by atoms with E-state index < -0.39 is 0 Å². The zero-order chi connectivity index (χ0) is 9.92. The van der Waals surface area contributed by atoms with Crippen LogP contribution in [0.25, 0.3) is 0 Å². The molecule has 0 nitrogen and oxygen atoms in total. The van der Waals surface area contributed by atoms with Crippen molar-refractivity contribution >= 4 is 0 Å². The Bertz CT molecular complexity index is 284. The van der Waals surface area contributed by atoms with Crippen LogP contribution in [0.5, 0.6) is 0 Å². The fourth-order valence-corrected chi connectivity index (χ4v) is 4.43. The first-order valence-corrected chi connectivity index (χ1v) is 6.31. The maximum atomic E-state index is 2.58. The lowest BCUT2D eigenvalue weighted by atomic mass is 9.86. The predicted octanol–water partition coefficient (Wildman–Crippen LogP) is 4.02. The summed E-state index contributed by atoms with van der Waals surface area (Å²) >= 11 is 0. The molecule has 0 spiro atoms. The standard InChI is InChI=1S/C14H22/c1-9-7-8-10-5-4-6-11-13(12(9)10)14(11,2)3/h5,9,11-13H,4,6-8H2,1-3H3. The maximum Gasteiger partial charge on any atom is -0.0141 e. The summed E-state index contributed by atoms with van der Waals surface area (Å²) in [6, 6.07) is 0. The van der Waals surface area contributed by atoms with E-state index in [1.165, 1.54) is 25.7 Å². The van der Waals surface area contributed by atoms with Crippen LogP contribution in [0.1, 0.15) is 46.5 Å². The summed E-state index contributed by atoms with van der Waals surface area (Å²) in [5, 5.41) is 0. The van der Waals surface area contributed by atoms with Crippen LogP contribution >= 0.6 is 0 Å². The van der Waals surface area contributed by atoms with Crippen molar-refractivity contribution in [2.45, 2.75) is 46.5 Å². The van der Waals surface area contributed by atoms with Crippen LogP contribution in [0.3, 0.4) is 0 Å². The van der Waals surface area contributed by atoms with Gasteiger partial charge < -0.3 is 0 Å². The van der Waals surface area contributed by atoms with E-state index in [1.54, 1.807) is 0 Å². The first kappa shape index (κ1) is 9.00. The molecule has 0 amide bonds. The molecule has 2 saturated carbocycles. The highest BCUT2D eigenvalue weighted by molar-refractivity contribution is 5.24. The lowest BCUT2D eigenvalue weighted by Gasteiger charge is -2.18. The predicted molar refractivity (Wildman–Crippen MR) is 60.0 cm³/mol. The number of allylic oxidation sites excluding steroid dienone is 2. The second-order valence-corrected chi connectivity index (χ2v) is 6.35. The van der Waals surface area contributed by atoms with Gasteiger partial charge in [-0.1, -0.05) is 32.4 Å². The van der Waals surface area contributed by atoms with Gasteiger partial charge in [0.1, 0.15) is 0 Å². The van der Waals surface area contributed by atoms with E-state index in [0.29, 0.717) is 5.41 Å². The molecule has 0 aliphatic heterocycles. The largest absolute Gasteiger partial charge is 0.0850 e. The summed E-state index contributed by atoms with van der Waals surface area (Å²) in [4.78, 5) is 0. The van der Waals surface area contributed by atoms with E-state index >= 15 is 0 Å². The van der Waals surface area contributed by atoms with Gasteiger partial charge in [-0.2, -0.15) is 0 Å². The minimum Gasteiger partial charge on any atom is -0.0850 e. The average Bonchev–Trinajstić information content (AvgIpc) is 2.57. The minimum absolute atomic E-state index is 0.669. The molecule has 0 saturated heterocycles. The molecule has 4 unspecified atom stereocenters. The second kappa shape index (κ2) is 2.65. The molecule has 14 heavy (non-hydrogen) atoms. The van der Waals surface area contributed by atoms with Crippen molar-refractivity contribution in [3.05, 3.63) is 11.6 Å². The van der Waals surface area contributed by atoms with Crippen LogP contribution in [0.4, 0.5) is 0 Å². The first-order chi connectivity index (χ1) is 6.62. The van der Waals surface area contributed by atoms with Gasteiger partial charge in [0.2, 0.25) is 0 Å². The monoisotopic (exact) mass is 190 g/mol. The Morgan fingerprint density at radius 3 is 2.86 bits per heavy atom. The van der Waals surface area contributed by atoms with Gasteiger partial charge in [0.05, 0.1) is 0 Å². The minimum atomic E-state index is 0.669. The van der Waals surface area contributed by atoms with Gasteiger partial charge in [0.15, 0.2) is 0 Å². The molecule has 4 atom stereocenters. The lowest BCUT2D eigenvalue weighted by Crippen LogP contribution is -2.11. The fourth-order valence-electron chi connectivity index (χ4n) is 4.43. The molecular formula is C14H22. The Labute approximate surface area is 87.8 Å². The van der Waals surface area contributed by atoms with Gasteiger partial charge in [0.25, 0.3) is 0 Å². The van der Waals surface area contributed by atoms with Gasteiger partial charge in [-0.3, -0.25) is 0 Å². The van der Waals surface area contributed by atoms with E-state index in [2.05, 4.69) is 26.8 Å². The van der Waals surface area contributed by atoms with E-state index in [1.807, 2.05) is 5.57 Å². The normalized spacial score (nSPS) is 48.9. The summed E-state index contributed by atoms with van der Waals surface area (Å²) in [5.74, 6) is 4.02. The molecule has 0 aromatic heterocycles.